The van der Waals surface area contributed by atoms with E-state index < -0.39 is 5.91 Å². The minimum atomic E-state index is -0.620. The number of aromatic nitrogens is 4. The summed E-state index contributed by atoms with van der Waals surface area (Å²) in [5.74, 6) is 0.691. The van der Waals surface area contributed by atoms with Crippen LogP contribution in [0.5, 0.6) is 11.5 Å². The van der Waals surface area contributed by atoms with Crippen LogP contribution < -0.4 is 20.1 Å². The summed E-state index contributed by atoms with van der Waals surface area (Å²) >= 11 is 0. The van der Waals surface area contributed by atoms with E-state index in [4.69, 9.17) is 15.2 Å². The average Bonchev–Trinajstić information content (AvgIpc) is 3.29. The van der Waals surface area contributed by atoms with Crippen LogP contribution >= 0.6 is 0 Å². The van der Waals surface area contributed by atoms with E-state index in [1.807, 2.05) is 12.1 Å². The molecule has 174 valence electrons. The molecule has 0 aliphatic carbocycles. The van der Waals surface area contributed by atoms with Crippen molar-refractivity contribution in [1.29, 1.82) is 0 Å². The Hall–Kier alpha value is -4.47. The molecule has 2 N–H and O–H groups in total. The minimum Gasteiger partial charge on any atom is -0.497 e. The zero-order chi connectivity index (χ0) is 24.1. The van der Waals surface area contributed by atoms with Gasteiger partial charge in [0.05, 0.1) is 39.1 Å². The highest BCUT2D eigenvalue weighted by Gasteiger charge is 2.20. The molecule has 1 amide bonds. The van der Waals surface area contributed by atoms with Crippen molar-refractivity contribution in [3.63, 3.8) is 0 Å². The van der Waals surface area contributed by atoms with E-state index in [0.717, 1.165) is 5.56 Å². The number of carbonyl (C=O) groups is 1. The molecule has 0 saturated heterocycles. The number of primary amides is 1. The van der Waals surface area contributed by atoms with Gasteiger partial charge in [-0.2, -0.15) is 0 Å². The third-order valence-electron chi connectivity index (χ3n) is 5.11. The summed E-state index contributed by atoms with van der Waals surface area (Å²) in [5, 5.41) is 8.49. The number of benzene rings is 2. The first kappa shape index (κ1) is 22.7. The van der Waals surface area contributed by atoms with E-state index in [2.05, 4.69) is 15.3 Å². The summed E-state index contributed by atoms with van der Waals surface area (Å²) in [6, 6.07) is 14.7. The normalized spacial score (nSPS) is 10.7. The maximum Gasteiger partial charge on any atom is 0.252 e. The average molecular weight is 462 g/mol. The van der Waals surface area contributed by atoms with Crippen molar-refractivity contribution in [3.05, 3.63) is 89.6 Å². The van der Waals surface area contributed by atoms with Crippen molar-refractivity contribution in [1.82, 2.24) is 20.0 Å². The Bertz CT molecular complexity index is 1270. The number of halogens is 1. The maximum atomic E-state index is 13.6. The standard InChI is InChI=1S/C24H23FN6O3/c1-33-20-10-16(11-21(12-20)34-2)13-30-14-18(28-29-30)15-31(19-7-5-17(25)6-8-19)24-22(23(26)32)4-3-9-27-24/h3-12,14H,13,15H2,1-2H3,(H2,26,32). The fourth-order valence-electron chi connectivity index (χ4n) is 3.51. The molecule has 0 aliphatic rings. The molecule has 9 nitrogen and oxygen atoms in total. The number of amides is 1. The van der Waals surface area contributed by atoms with Crippen LogP contribution in [0.1, 0.15) is 21.6 Å². The Morgan fingerprint density at radius 1 is 1.09 bits per heavy atom. The van der Waals surface area contributed by atoms with Crippen LogP contribution in [0.25, 0.3) is 0 Å². The molecular formula is C24H23FN6O3. The third-order valence-corrected chi connectivity index (χ3v) is 5.11. The molecule has 2 aromatic heterocycles. The monoisotopic (exact) mass is 462 g/mol. The molecular weight excluding hydrogens is 439 g/mol. The van der Waals surface area contributed by atoms with Gasteiger partial charge < -0.3 is 20.1 Å². The van der Waals surface area contributed by atoms with Crippen molar-refractivity contribution >= 4 is 17.4 Å². The summed E-state index contributed by atoms with van der Waals surface area (Å²) in [5.41, 5.74) is 7.96. The van der Waals surface area contributed by atoms with Crippen LogP contribution in [0.2, 0.25) is 0 Å². The Morgan fingerprint density at radius 2 is 1.79 bits per heavy atom. The lowest BCUT2D eigenvalue weighted by molar-refractivity contribution is 0.100. The molecule has 0 bridgehead atoms. The Labute approximate surface area is 195 Å². The number of anilines is 2. The highest BCUT2D eigenvalue weighted by atomic mass is 19.1. The van der Waals surface area contributed by atoms with Crippen molar-refractivity contribution in [2.45, 2.75) is 13.1 Å². The van der Waals surface area contributed by atoms with E-state index in [9.17, 15) is 9.18 Å². The first-order valence-corrected chi connectivity index (χ1v) is 10.4. The van der Waals surface area contributed by atoms with Gasteiger partial charge in [-0.15, -0.1) is 5.10 Å². The lowest BCUT2D eigenvalue weighted by atomic mass is 10.2. The fourth-order valence-corrected chi connectivity index (χ4v) is 3.51. The molecule has 0 spiro atoms. The van der Waals surface area contributed by atoms with Gasteiger partial charge in [-0.05, 0) is 54.1 Å². The molecule has 2 heterocycles. The largest absolute Gasteiger partial charge is 0.497 e. The number of hydrogen-bond donors (Lipinski definition) is 1. The number of nitrogens with zero attached hydrogens (tertiary/aromatic N) is 5. The molecule has 0 fully saturated rings. The molecule has 10 heteroatoms. The predicted octanol–water partition coefficient (Wildman–Crippen LogP) is 3.31. The molecule has 4 rings (SSSR count). The van der Waals surface area contributed by atoms with Crippen LogP contribution in [0.4, 0.5) is 15.9 Å². The second-order valence-electron chi connectivity index (χ2n) is 7.43. The van der Waals surface area contributed by atoms with Crippen molar-refractivity contribution < 1.29 is 18.7 Å². The molecule has 0 aliphatic heterocycles. The second kappa shape index (κ2) is 9.99. The van der Waals surface area contributed by atoms with Crippen LogP contribution in [0.15, 0.2) is 67.0 Å². The second-order valence-corrected chi connectivity index (χ2v) is 7.43. The zero-order valence-electron chi connectivity index (χ0n) is 18.7. The summed E-state index contributed by atoms with van der Waals surface area (Å²) in [7, 11) is 3.18. The van der Waals surface area contributed by atoms with Gasteiger partial charge in [0.2, 0.25) is 0 Å². The summed E-state index contributed by atoms with van der Waals surface area (Å²) < 4.78 is 25.9. The predicted molar refractivity (Wildman–Crippen MR) is 124 cm³/mol. The first-order valence-electron chi connectivity index (χ1n) is 10.4. The maximum absolute atomic E-state index is 13.6. The minimum absolute atomic E-state index is 0.227. The molecule has 2 aromatic carbocycles. The van der Waals surface area contributed by atoms with Crippen molar-refractivity contribution in [3.8, 4) is 11.5 Å². The number of methoxy groups -OCH3 is 2. The zero-order valence-corrected chi connectivity index (χ0v) is 18.7. The SMILES string of the molecule is COc1cc(Cn2cc(CN(c3ccc(F)cc3)c3ncccc3C(N)=O)nn2)cc(OC)c1. The third kappa shape index (κ3) is 5.12. The van der Waals surface area contributed by atoms with Gasteiger partial charge in [0.25, 0.3) is 5.91 Å². The smallest absolute Gasteiger partial charge is 0.252 e. The van der Waals surface area contributed by atoms with Gasteiger partial charge in [-0.3, -0.25) is 4.79 Å². The molecule has 4 aromatic rings. The first-order chi connectivity index (χ1) is 16.5. The molecule has 0 unspecified atom stereocenters. The van der Waals surface area contributed by atoms with Gasteiger partial charge in [0.1, 0.15) is 28.8 Å². The number of nitrogens with two attached hydrogens (primary N) is 1. The van der Waals surface area contributed by atoms with Gasteiger partial charge in [0.15, 0.2) is 0 Å². The number of rotatable bonds is 9. The van der Waals surface area contributed by atoms with E-state index in [1.54, 1.807) is 66.5 Å². The number of carbonyl (C=O) groups excluding carboxylic acids is 1. The van der Waals surface area contributed by atoms with Crippen LogP contribution in [0, 0.1) is 5.82 Å². The van der Waals surface area contributed by atoms with Gasteiger partial charge in [0, 0.05) is 18.0 Å². The highest BCUT2D eigenvalue weighted by Crippen LogP contribution is 2.29. The lowest BCUT2D eigenvalue weighted by Crippen LogP contribution is -2.23. The van der Waals surface area contributed by atoms with Gasteiger partial charge in [-0.1, -0.05) is 5.21 Å². The molecule has 34 heavy (non-hydrogen) atoms. The number of pyridine rings is 1. The highest BCUT2D eigenvalue weighted by molar-refractivity contribution is 5.98. The Morgan fingerprint density at radius 3 is 2.44 bits per heavy atom. The van der Waals surface area contributed by atoms with E-state index in [1.165, 1.54) is 12.1 Å². The van der Waals surface area contributed by atoms with Gasteiger partial charge in [-0.25, -0.2) is 14.1 Å². The topological polar surface area (TPSA) is 108 Å². The Balaban J connectivity index is 1.64. The van der Waals surface area contributed by atoms with Crippen LogP contribution in [0.3, 0.4) is 0 Å². The fraction of sp³-hybridized carbons (Fsp3) is 0.167. The van der Waals surface area contributed by atoms with E-state index in [0.29, 0.717) is 35.2 Å². The molecule has 0 atom stereocenters. The number of ether oxygens (including phenoxy) is 2. The van der Waals surface area contributed by atoms with Gasteiger partial charge >= 0.3 is 0 Å². The summed E-state index contributed by atoms with van der Waals surface area (Å²) in [6.45, 7) is 0.664. The van der Waals surface area contributed by atoms with E-state index >= 15 is 0 Å². The molecule has 0 radical (unpaired) electrons. The van der Waals surface area contributed by atoms with Crippen LogP contribution in [-0.2, 0) is 13.1 Å². The van der Waals surface area contributed by atoms with Crippen molar-refractivity contribution in [2.75, 3.05) is 19.1 Å². The molecule has 0 saturated carbocycles. The lowest BCUT2D eigenvalue weighted by Gasteiger charge is -2.24. The Kier molecular flexibility index (Phi) is 6.67. The van der Waals surface area contributed by atoms with E-state index in [-0.39, 0.29) is 17.9 Å². The van der Waals surface area contributed by atoms with Crippen LogP contribution in [-0.4, -0.2) is 40.1 Å². The number of hydrogen-bond acceptors (Lipinski definition) is 7. The quantitative estimate of drug-likeness (QED) is 0.406. The van der Waals surface area contributed by atoms with Crippen molar-refractivity contribution in [2.24, 2.45) is 5.73 Å². The summed E-state index contributed by atoms with van der Waals surface area (Å²) in [4.78, 5) is 18.1. The summed E-state index contributed by atoms with van der Waals surface area (Å²) in [6.07, 6.45) is 3.35.